The molecular weight excluding hydrogens is 272 g/mol. The highest BCUT2D eigenvalue weighted by Crippen LogP contribution is 2.31. The van der Waals surface area contributed by atoms with Crippen LogP contribution in [0.3, 0.4) is 0 Å². The van der Waals surface area contributed by atoms with E-state index in [-0.39, 0.29) is 0 Å². The predicted molar refractivity (Wildman–Crippen MR) is 62.6 cm³/mol. The van der Waals surface area contributed by atoms with E-state index < -0.39 is 12.2 Å². The fraction of sp³-hybridized carbons (Fsp3) is 0.182. The molecule has 1 aromatic heterocycles. The molecule has 5 heteroatoms. The summed E-state index contributed by atoms with van der Waals surface area (Å²) < 4.78 is 0.811. The summed E-state index contributed by atoms with van der Waals surface area (Å²) in [6.07, 6.45) is -1.04. The average molecular weight is 281 g/mol. The number of nitriles is 1. The quantitative estimate of drug-likeness (QED) is 0.735. The summed E-state index contributed by atoms with van der Waals surface area (Å²) in [6.45, 7) is 0. The van der Waals surface area contributed by atoms with Crippen molar-refractivity contribution in [3.05, 3.63) is 34.4 Å². The summed E-state index contributed by atoms with van der Waals surface area (Å²) in [5.74, 6) is 0. The lowest BCUT2D eigenvalue weighted by molar-refractivity contribution is 0.0537. The van der Waals surface area contributed by atoms with Crippen LogP contribution in [0.2, 0.25) is 0 Å². The number of aromatic nitrogens is 1. The molecule has 2 unspecified atom stereocenters. The summed E-state index contributed by atoms with van der Waals surface area (Å²) in [6, 6.07) is 7.17. The molecule has 4 nitrogen and oxygen atoms in total. The Hall–Kier alpha value is -1.35. The molecule has 0 radical (unpaired) electrons. The third-order valence-electron chi connectivity index (χ3n) is 2.44. The molecule has 2 atom stereocenters. The maximum absolute atomic E-state index is 9.79. The smallest absolute Gasteiger partial charge is 0.170 e. The first kappa shape index (κ1) is 11.1. The molecule has 0 bridgehead atoms. The fourth-order valence-electron chi connectivity index (χ4n) is 1.64. The number of rotatable bonds is 2. The molecule has 1 aromatic carbocycles. The van der Waals surface area contributed by atoms with E-state index in [0.717, 1.165) is 15.4 Å². The lowest BCUT2D eigenvalue weighted by Crippen LogP contribution is -2.15. The van der Waals surface area contributed by atoms with Crippen LogP contribution in [-0.2, 0) is 0 Å². The Morgan fingerprint density at radius 3 is 2.81 bits per heavy atom. The molecule has 3 N–H and O–H groups in total. The number of hydrogen-bond acceptors (Lipinski definition) is 3. The van der Waals surface area contributed by atoms with Gasteiger partial charge in [-0.15, -0.1) is 0 Å². The van der Waals surface area contributed by atoms with E-state index in [4.69, 9.17) is 5.26 Å². The van der Waals surface area contributed by atoms with E-state index in [9.17, 15) is 10.2 Å². The number of aliphatic hydroxyl groups is 2. The molecule has 0 aliphatic heterocycles. The second kappa shape index (κ2) is 4.26. The molecule has 0 saturated carbocycles. The number of benzene rings is 1. The molecule has 0 amide bonds. The summed E-state index contributed by atoms with van der Waals surface area (Å²) in [5.41, 5.74) is 1.35. The molecule has 0 spiro atoms. The number of aromatic amines is 1. The van der Waals surface area contributed by atoms with Gasteiger partial charge in [-0.3, -0.25) is 0 Å². The Kier molecular flexibility index (Phi) is 2.97. The van der Waals surface area contributed by atoms with Crippen molar-refractivity contribution in [3.63, 3.8) is 0 Å². The van der Waals surface area contributed by atoms with Gasteiger partial charge in [0.05, 0.1) is 6.07 Å². The Morgan fingerprint density at radius 2 is 2.12 bits per heavy atom. The van der Waals surface area contributed by atoms with Crippen molar-refractivity contribution in [2.24, 2.45) is 0 Å². The second-order valence-electron chi connectivity index (χ2n) is 3.43. The largest absolute Gasteiger partial charge is 0.384 e. The monoisotopic (exact) mass is 280 g/mol. The molecule has 2 rings (SSSR count). The maximum atomic E-state index is 9.79. The van der Waals surface area contributed by atoms with Crippen LogP contribution in [-0.4, -0.2) is 21.3 Å². The van der Waals surface area contributed by atoms with Crippen molar-refractivity contribution in [2.45, 2.75) is 12.2 Å². The molecule has 1 heterocycles. The van der Waals surface area contributed by atoms with Gasteiger partial charge in [0, 0.05) is 27.1 Å². The zero-order valence-corrected chi connectivity index (χ0v) is 9.77. The van der Waals surface area contributed by atoms with Crippen LogP contribution in [0.15, 0.2) is 28.9 Å². The third-order valence-corrected chi connectivity index (χ3v) is 3.10. The van der Waals surface area contributed by atoms with Gasteiger partial charge in [-0.05, 0) is 12.1 Å². The first-order valence-electron chi connectivity index (χ1n) is 4.66. The molecule has 0 saturated heterocycles. The molecular formula is C11H9BrN2O2. The van der Waals surface area contributed by atoms with Gasteiger partial charge in [0.1, 0.15) is 6.10 Å². The Balaban J connectivity index is 2.58. The van der Waals surface area contributed by atoms with Crippen LogP contribution in [0.5, 0.6) is 0 Å². The van der Waals surface area contributed by atoms with E-state index in [1.807, 2.05) is 18.2 Å². The number of aliphatic hydroxyl groups excluding tert-OH is 2. The zero-order chi connectivity index (χ0) is 11.7. The van der Waals surface area contributed by atoms with Crippen molar-refractivity contribution in [1.82, 2.24) is 4.98 Å². The van der Waals surface area contributed by atoms with Gasteiger partial charge in [-0.1, -0.05) is 22.0 Å². The van der Waals surface area contributed by atoms with Gasteiger partial charge >= 0.3 is 0 Å². The van der Waals surface area contributed by atoms with Crippen molar-refractivity contribution < 1.29 is 10.2 Å². The molecule has 0 aliphatic carbocycles. The number of nitrogens with zero attached hydrogens (tertiary/aromatic N) is 1. The number of nitrogens with one attached hydrogen (secondary N) is 1. The van der Waals surface area contributed by atoms with Gasteiger partial charge in [0.25, 0.3) is 0 Å². The molecule has 0 aliphatic rings. The van der Waals surface area contributed by atoms with Gasteiger partial charge in [-0.25, -0.2) is 0 Å². The highest BCUT2D eigenvalue weighted by atomic mass is 79.9. The van der Waals surface area contributed by atoms with Crippen LogP contribution in [0.4, 0.5) is 0 Å². The number of H-pyrrole nitrogens is 1. The van der Waals surface area contributed by atoms with Crippen molar-refractivity contribution in [3.8, 4) is 6.07 Å². The number of halogens is 1. The van der Waals surface area contributed by atoms with Crippen molar-refractivity contribution in [2.75, 3.05) is 0 Å². The Labute approximate surface area is 100 Å². The summed E-state index contributed by atoms with van der Waals surface area (Å²) >= 11 is 3.37. The summed E-state index contributed by atoms with van der Waals surface area (Å²) in [4.78, 5) is 2.98. The zero-order valence-electron chi connectivity index (χ0n) is 8.18. The average Bonchev–Trinajstić information content (AvgIpc) is 2.72. The van der Waals surface area contributed by atoms with E-state index >= 15 is 0 Å². The van der Waals surface area contributed by atoms with Crippen molar-refractivity contribution in [1.29, 1.82) is 5.26 Å². The molecule has 16 heavy (non-hydrogen) atoms. The lowest BCUT2D eigenvalue weighted by atomic mass is 10.0. The third kappa shape index (κ3) is 1.71. The van der Waals surface area contributed by atoms with E-state index in [1.165, 1.54) is 0 Å². The van der Waals surface area contributed by atoms with Gasteiger partial charge in [-0.2, -0.15) is 5.26 Å². The normalized spacial score (nSPS) is 14.6. The summed E-state index contributed by atoms with van der Waals surface area (Å²) in [5, 5.41) is 28.4. The maximum Gasteiger partial charge on any atom is 0.170 e. The molecule has 82 valence electrons. The van der Waals surface area contributed by atoms with E-state index in [2.05, 4.69) is 20.9 Å². The topological polar surface area (TPSA) is 80.0 Å². The molecule has 2 aromatic rings. The Bertz CT molecular complexity index is 559. The van der Waals surface area contributed by atoms with E-state index in [1.54, 1.807) is 12.3 Å². The van der Waals surface area contributed by atoms with Crippen LogP contribution in [0.1, 0.15) is 11.7 Å². The Morgan fingerprint density at radius 1 is 1.38 bits per heavy atom. The minimum atomic E-state index is -1.42. The second-order valence-corrected chi connectivity index (χ2v) is 4.28. The van der Waals surface area contributed by atoms with Crippen LogP contribution in [0.25, 0.3) is 10.9 Å². The number of fused-ring (bicyclic) bond motifs is 1. The number of hydrogen-bond donors (Lipinski definition) is 3. The molecule has 0 fully saturated rings. The van der Waals surface area contributed by atoms with Crippen molar-refractivity contribution >= 4 is 26.8 Å². The van der Waals surface area contributed by atoms with Gasteiger partial charge in [0.2, 0.25) is 0 Å². The predicted octanol–water partition coefficient (Wildman–Crippen LogP) is 1.85. The lowest BCUT2D eigenvalue weighted by Gasteiger charge is -2.10. The van der Waals surface area contributed by atoms with Gasteiger partial charge < -0.3 is 15.2 Å². The minimum Gasteiger partial charge on any atom is -0.384 e. The van der Waals surface area contributed by atoms with Crippen LogP contribution < -0.4 is 0 Å². The highest BCUT2D eigenvalue weighted by Gasteiger charge is 2.21. The van der Waals surface area contributed by atoms with Crippen LogP contribution in [0, 0.1) is 11.3 Å². The van der Waals surface area contributed by atoms with Crippen LogP contribution >= 0.6 is 15.9 Å². The summed E-state index contributed by atoms with van der Waals surface area (Å²) in [7, 11) is 0. The minimum absolute atomic E-state index is 0.511. The highest BCUT2D eigenvalue weighted by molar-refractivity contribution is 9.10. The first-order valence-corrected chi connectivity index (χ1v) is 5.45. The van der Waals surface area contributed by atoms with E-state index in [0.29, 0.717) is 5.56 Å². The standard InChI is InChI=1S/C11H9BrN2O2/c12-7-2-1-3-8-10(7)6(5-14-8)11(16)9(15)4-13/h1-3,5,9,11,14-16H. The fourth-order valence-corrected chi connectivity index (χ4v) is 2.23. The first-order chi connectivity index (χ1) is 7.65. The SMILES string of the molecule is N#CC(O)C(O)c1c[nH]c2cccc(Br)c12. The van der Waals surface area contributed by atoms with Gasteiger partial charge in [0.15, 0.2) is 6.10 Å².